The van der Waals surface area contributed by atoms with Gasteiger partial charge in [-0.3, -0.25) is 4.79 Å². The molecule has 0 aromatic heterocycles. The smallest absolute Gasteiger partial charge is 0.255 e. The first kappa shape index (κ1) is 15.4. The van der Waals surface area contributed by atoms with Gasteiger partial charge in [0.25, 0.3) is 5.91 Å². The lowest BCUT2D eigenvalue weighted by Crippen LogP contribution is -2.23. The molecule has 2 atom stereocenters. The van der Waals surface area contributed by atoms with Gasteiger partial charge < -0.3 is 14.8 Å². The number of hydrogen-bond donors (Lipinski definition) is 1. The van der Waals surface area contributed by atoms with Crippen molar-refractivity contribution in [2.24, 2.45) is 0 Å². The molecule has 0 saturated heterocycles. The number of amides is 1. The Kier molecular flexibility index (Phi) is 4.24. The van der Waals surface area contributed by atoms with E-state index in [-0.39, 0.29) is 12.0 Å². The van der Waals surface area contributed by atoms with Crippen LogP contribution in [0.25, 0.3) is 0 Å². The summed E-state index contributed by atoms with van der Waals surface area (Å²) >= 11 is 0. The Balaban J connectivity index is 1.78. The third-order valence-corrected chi connectivity index (χ3v) is 4.42. The third-order valence-electron chi connectivity index (χ3n) is 4.42. The fraction of sp³-hybridized carbons (Fsp3) is 0.316. The summed E-state index contributed by atoms with van der Waals surface area (Å²) in [6.07, 6.45) is 0.0909. The van der Waals surface area contributed by atoms with E-state index < -0.39 is 0 Å². The zero-order valence-electron chi connectivity index (χ0n) is 13.6. The van der Waals surface area contributed by atoms with Crippen molar-refractivity contribution in [3.05, 3.63) is 59.2 Å². The molecule has 23 heavy (non-hydrogen) atoms. The highest BCUT2D eigenvalue weighted by atomic mass is 16.5. The summed E-state index contributed by atoms with van der Waals surface area (Å²) in [6, 6.07) is 13.4. The summed E-state index contributed by atoms with van der Waals surface area (Å²) in [6.45, 7) is 4.56. The Morgan fingerprint density at radius 2 is 1.96 bits per heavy atom. The minimum atomic E-state index is -0.131. The molecule has 1 N–H and O–H groups in total. The molecule has 0 fully saturated rings. The normalized spacial score (nSPS) is 18.9. The standard InChI is InChI=1S/C19H21NO3/c1-12-13(2)23-18-15(12)8-6-9-16(18)19(21)20-11-14-7-4-5-10-17(14)22-3/h4-10,12-13H,11H2,1-3H3,(H,20,21)/t12-,13-/m0/s1. The Labute approximate surface area is 136 Å². The maximum absolute atomic E-state index is 12.6. The van der Waals surface area contributed by atoms with E-state index in [1.54, 1.807) is 13.2 Å². The predicted octanol–water partition coefficient (Wildman–Crippen LogP) is 3.51. The van der Waals surface area contributed by atoms with Crippen LogP contribution < -0.4 is 14.8 Å². The minimum Gasteiger partial charge on any atom is -0.496 e. The van der Waals surface area contributed by atoms with Gasteiger partial charge in [0.1, 0.15) is 17.6 Å². The van der Waals surface area contributed by atoms with Gasteiger partial charge in [0.2, 0.25) is 0 Å². The molecule has 4 heteroatoms. The molecule has 120 valence electrons. The topological polar surface area (TPSA) is 47.6 Å². The van der Waals surface area contributed by atoms with E-state index in [0.29, 0.717) is 23.8 Å². The molecular formula is C19H21NO3. The van der Waals surface area contributed by atoms with E-state index in [9.17, 15) is 4.79 Å². The first-order chi connectivity index (χ1) is 11.1. The second kappa shape index (κ2) is 6.32. The van der Waals surface area contributed by atoms with Gasteiger partial charge in [0.05, 0.1) is 12.7 Å². The second-order valence-corrected chi connectivity index (χ2v) is 5.83. The number of nitrogens with one attached hydrogen (secondary N) is 1. The Morgan fingerprint density at radius 1 is 1.17 bits per heavy atom. The summed E-state index contributed by atoms with van der Waals surface area (Å²) in [5, 5.41) is 2.95. The molecule has 0 spiro atoms. The number of benzene rings is 2. The quantitative estimate of drug-likeness (QED) is 0.940. The monoisotopic (exact) mass is 311 g/mol. The molecule has 0 saturated carbocycles. The second-order valence-electron chi connectivity index (χ2n) is 5.83. The van der Waals surface area contributed by atoms with Gasteiger partial charge in [-0.15, -0.1) is 0 Å². The average Bonchev–Trinajstić information content (AvgIpc) is 2.87. The van der Waals surface area contributed by atoms with Crippen LogP contribution in [0.1, 0.15) is 41.3 Å². The van der Waals surface area contributed by atoms with Gasteiger partial charge >= 0.3 is 0 Å². The van der Waals surface area contributed by atoms with Crippen LogP contribution >= 0.6 is 0 Å². The molecule has 2 aromatic rings. The van der Waals surface area contributed by atoms with E-state index in [2.05, 4.69) is 12.2 Å². The maximum Gasteiger partial charge on any atom is 0.255 e. The van der Waals surface area contributed by atoms with E-state index in [1.807, 2.05) is 43.3 Å². The van der Waals surface area contributed by atoms with Crippen molar-refractivity contribution >= 4 is 5.91 Å². The Morgan fingerprint density at radius 3 is 2.74 bits per heavy atom. The van der Waals surface area contributed by atoms with E-state index in [4.69, 9.17) is 9.47 Å². The molecule has 1 heterocycles. The number of hydrogen-bond acceptors (Lipinski definition) is 3. The molecule has 0 unspecified atom stereocenters. The molecule has 0 aliphatic carbocycles. The van der Waals surface area contributed by atoms with Crippen LogP contribution in [0.2, 0.25) is 0 Å². The number of carbonyl (C=O) groups is 1. The lowest BCUT2D eigenvalue weighted by atomic mass is 9.97. The summed E-state index contributed by atoms with van der Waals surface area (Å²) in [4.78, 5) is 12.6. The molecule has 0 bridgehead atoms. The Hall–Kier alpha value is -2.49. The molecule has 1 aliphatic rings. The van der Waals surface area contributed by atoms with Crippen LogP contribution in [0.3, 0.4) is 0 Å². The van der Waals surface area contributed by atoms with E-state index >= 15 is 0 Å². The molecule has 0 radical (unpaired) electrons. The summed E-state index contributed by atoms with van der Waals surface area (Å²) in [7, 11) is 1.63. The zero-order chi connectivity index (χ0) is 16.4. The fourth-order valence-electron chi connectivity index (χ4n) is 2.88. The lowest BCUT2D eigenvalue weighted by Gasteiger charge is -2.12. The molecule has 3 rings (SSSR count). The van der Waals surface area contributed by atoms with Crippen molar-refractivity contribution in [3.63, 3.8) is 0 Å². The highest BCUT2D eigenvalue weighted by Crippen LogP contribution is 2.40. The van der Waals surface area contributed by atoms with Gasteiger partial charge in [0.15, 0.2) is 0 Å². The number of carbonyl (C=O) groups excluding carboxylic acids is 1. The number of rotatable bonds is 4. The first-order valence-corrected chi connectivity index (χ1v) is 7.81. The number of ether oxygens (including phenoxy) is 2. The number of para-hydroxylation sites is 2. The highest BCUT2D eigenvalue weighted by molar-refractivity contribution is 5.97. The van der Waals surface area contributed by atoms with Crippen LogP contribution in [-0.2, 0) is 6.54 Å². The summed E-state index contributed by atoms with van der Waals surface area (Å²) < 4.78 is 11.2. The predicted molar refractivity (Wildman–Crippen MR) is 89.1 cm³/mol. The van der Waals surface area contributed by atoms with Crippen LogP contribution in [-0.4, -0.2) is 19.1 Å². The van der Waals surface area contributed by atoms with Crippen molar-refractivity contribution in [2.45, 2.75) is 32.4 Å². The molecule has 2 aromatic carbocycles. The van der Waals surface area contributed by atoms with Gasteiger partial charge in [0, 0.05) is 23.6 Å². The van der Waals surface area contributed by atoms with Crippen LogP contribution in [0.4, 0.5) is 0 Å². The van der Waals surface area contributed by atoms with Gasteiger partial charge in [-0.05, 0) is 19.1 Å². The molecule has 1 aliphatic heterocycles. The van der Waals surface area contributed by atoms with Gasteiger partial charge in [-0.1, -0.05) is 37.3 Å². The zero-order valence-corrected chi connectivity index (χ0v) is 13.6. The van der Waals surface area contributed by atoms with E-state index in [1.165, 1.54) is 0 Å². The van der Waals surface area contributed by atoms with Crippen molar-refractivity contribution in [1.82, 2.24) is 5.32 Å². The van der Waals surface area contributed by atoms with Crippen molar-refractivity contribution in [1.29, 1.82) is 0 Å². The van der Waals surface area contributed by atoms with Crippen molar-refractivity contribution < 1.29 is 14.3 Å². The van der Waals surface area contributed by atoms with Crippen molar-refractivity contribution in [3.8, 4) is 11.5 Å². The Bertz CT molecular complexity index is 726. The average molecular weight is 311 g/mol. The number of fused-ring (bicyclic) bond motifs is 1. The molecule has 4 nitrogen and oxygen atoms in total. The van der Waals surface area contributed by atoms with Crippen LogP contribution in [0, 0.1) is 0 Å². The summed E-state index contributed by atoms with van der Waals surface area (Å²) in [5.41, 5.74) is 2.63. The van der Waals surface area contributed by atoms with E-state index in [0.717, 1.165) is 16.9 Å². The van der Waals surface area contributed by atoms with Crippen molar-refractivity contribution in [2.75, 3.05) is 7.11 Å². The SMILES string of the molecule is COc1ccccc1CNC(=O)c1cccc2c1O[C@@H](C)[C@@H]2C. The van der Waals surface area contributed by atoms with Crippen LogP contribution in [0.5, 0.6) is 11.5 Å². The summed E-state index contributed by atoms with van der Waals surface area (Å²) in [5.74, 6) is 1.65. The highest BCUT2D eigenvalue weighted by Gasteiger charge is 2.30. The fourth-order valence-corrected chi connectivity index (χ4v) is 2.88. The minimum absolute atomic E-state index is 0.0909. The maximum atomic E-state index is 12.6. The number of methoxy groups -OCH3 is 1. The van der Waals surface area contributed by atoms with Gasteiger partial charge in [-0.2, -0.15) is 0 Å². The van der Waals surface area contributed by atoms with Gasteiger partial charge in [-0.25, -0.2) is 0 Å². The molecule has 1 amide bonds. The molecular weight excluding hydrogens is 290 g/mol. The largest absolute Gasteiger partial charge is 0.496 e. The lowest BCUT2D eigenvalue weighted by molar-refractivity contribution is 0.0945. The first-order valence-electron chi connectivity index (χ1n) is 7.81. The van der Waals surface area contributed by atoms with Crippen LogP contribution in [0.15, 0.2) is 42.5 Å². The third kappa shape index (κ3) is 2.89.